The van der Waals surface area contributed by atoms with Gasteiger partial charge in [-0.3, -0.25) is 50.1 Å². The summed E-state index contributed by atoms with van der Waals surface area (Å²) >= 11 is 3.23. The second kappa shape index (κ2) is 48.4. The number of aliphatic imine (C=N–C) groups is 2. The summed E-state index contributed by atoms with van der Waals surface area (Å²) in [5.74, 6) is -1.24. The first-order valence-electron chi connectivity index (χ1n) is 38.5. The predicted octanol–water partition coefficient (Wildman–Crippen LogP) is 13.5. The van der Waals surface area contributed by atoms with Crippen LogP contribution in [0.2, 0.25) is 0 Å². The number of pyridine rings is 4. The molecule has 0 fully saturated rings. The summed E-state index contributed by atoms with van der Waals surface area (Å²) in [6, 6.07) is 80.9. The normalized spacial score (nSPS) is 12.7. The van der Waals surface area contributed by atoms with Crippen LogP contribution in [0.15, 0.2) is 300 Å². The number of carbonyl (C=O) groups excluding carboxylic acids is 7. The van der Waals surface area contributed by atoms with Gasteiger partial charge in [-0.05, 0) is 162 Å². The summed E-state index contributed by atoms with van der Waals surface area (Å²) in [5, 5.41) is 26.8. The number of ether oxygens (including phenoxy) is 3. The van der Waals surface area contributed by atoms with Gasteiger partial charge in [-0.15, -0.1) is 5.10 Å². The number of nitrogens with one attached hydrogen (secondary N) is 4. The van der Waals surface area contributed by atoms with E-state index in [0.29, 0.717) is 73.4 Å². The monoisotopic (exact) mass is 1700 g/mol. The fourth-order valence-electron chi connectivity index (χ4n) is 11.1. The van der Waals surface area contributed by atoms with E-state index in [4.69, 9.17) is 30.9 Å². The minimum absolute atomic E-state index is 0. The molecule has 0 saturated carbocycles. The molecular weight excluding hydrogens is 1610 g/mol. The van der Waals surface area contributed by atoms with Crippen molar-refractivity contribution in [3.05, 3.63) is 375 Å². The number of hydrogen-bond acceptors (Lipinski definition) is 21. The van der Waals surface area contributed by atoms with Gasteiger partial charge in [0.1, 0.15) is 41.7 Å². The van der Waals surface area contributed by atoms with E-state index in [-0.39, 0.29) is 56.2 Å². The number of Topliss-reactive ketones (excluding diaryl/α,β-unsaturated/α-hetero) is 1. The van der Waals surface area contributed by atoms with Gasteiger partial charge in [-0.25, -0.2) is 34.0 Å². The van der Waals surface area contributed by atoms with Crippen molar-refractivity contribution in [2.75, 3.05) is 28.7 Å². The van der Waals surface area contributed by atoms with Crippen molar-refractivity contribution in [2.24, 2.45) is 9.98 Å². The van der Waals surface area contributed by atoms with E-state index < -0.39 is 42.7 Å². The maximum Gasteiger partial charge on any atom is 1.00 e. The molecular formula is C94H91BrLiN17O10. The van der Waals surface area contributed by atoms with Crippen molar-refractivity contribution < 1.29 is 66.6 Å². The van der Waals surface area contributed by atoms with Gasteiger partial charge in [0.05, 0.1) is 45.3 Å². The summed E-state index contributed by atoms with van der Waals surface area (Å²) < 4.78 is 17.9. The SMILES string of the molecule is CC(=O)C(NC(=O)OCc1ccccc1)n1nnc2ccccc21.Cc1ccc(Br)nc1.Cc1ccc(C(=O)c2ccccc2N)nc1.Cc1ccc(C2=NC(NC(=O)OCc3ccccc3)C(=O)N(C)c3ccccc32)nc1.Cc1ccc(C2=NC(NC(=O)OCc3ccccc3)C(=O)Nc3ccccc32)nc1.N#Cc1ccccc1N.[CH2-]CCC.[Li+]. The van der Waals surface area contributed by atoms with Crippen LogP contribution in [-0.2, 0) is 48.4 Å². The Labute approximate surface area is 733 Å². The van der Waals surface area contributed by atoms with Crippen LogP contribution in [0.1, 0.15) is 116 Å². The van der Waals surface area contributed by atoms with Crippen LogP contribution in [0.3, 0.4) is 0 Å². The number of carbonyl (C=O) groups is 7. The van der Waals surface area contributed by atoms with Crippen LogP contribution < -0.4 is 56.5 Å². The number of nitriles is 1. The van der Waals surface area contributed by atoms with E-state index in [1.807, 2.05) is 228 Å². The molecule has 0 aliphatic carbocycles. The Morgan fingerprint density at radius 2 is 1.00 bits per heavy atom. The third-order valence-corrected chi connectivity index (χ3v) is 18.1. The first kappa shape index (κ1) is 93.8. The molecule has 0 spiro atoms. The fraction of sp³-hybridized carbons (Fsp3) is 0.160. The number of aryl methyl sites for hydroxylation is 4. The second-order valence-electron chi connectivity index (χ2n) is 27.2. The van der Waals surface area contributed by atoms with E-state index in [2.05, 4.69) is 91.3 Å². The molecule has 123 heavy (non-hydrogen) atoms. The van der Waals surface area contributed by atoms with Crippen LogP contribution in [0, 0.1) is 45.9 Å². The van der Waals surface area contributed by atoms with Gasteiger partial charge in [0, 0.05) is 59.9 Å². The van der Waals surface area contributed by atoms with Crippen molar-refractivity contribution in [1.29, 1.82) is 5.26 Å². The molecule has 2 aliphatic heterocycles. The van der Waals surface area contributed by atoms with Gasteiger partial charge in [0.15, 0.2) is 11.9 Å². The third kappa shape index (κ3) is 28.8. The predicted molar refractivity (Wildman–Crippen MR) is 474 cm³/mol. The van der Waals surface area contributed by atoms with Crippen molar-refractivity contribution >= 4 is 103 Å². The summed E-state index contributed by atoms with van der Waals surface area (Å²) in [6.07, 6.45) is 3.84. The maximum absolute atomic E-state index is 13.1. The fourth-order valence-corrected chi connectivity index (χ4v) is 11.4. The number of unbranched alkanes of at least 4 members (excludes halogenated alkanes) is 1. The molecule has 0 bridgehead atoms. The molecule has 620 valence electrons. The van der Waals surface area contributed by atoms with Crippen LogP contribution in [0.4, 0.5) is 37.1 Å². The van der Waals surface area contributed by atoms with Crippen LogP contribution in [0.25, 0.3) is 11.0 Å². The second-order valence-corrected chi connectivity index (χ2v) is 28.0. The summed E-state index contributed by atoms with van der Waals surface area (Å²) in [4.78, 5) is 114. The van der Waals surface area contributed by atoms with Gasteiger partial charge >= 0.3 is 37.1 Å². The Hall–Kier alpha value is -14.6. The number of alkyl carbamates (subject to hydrolysis) is 3. The van der Waals surface area contributed by atoms with Crippen LogP contribution in [-0.4, -0.2) is 107 Å². The Balaban J connectivity index is 0.000000191. The van der Waals surface area contributed by atoms with Gasteiger partial charge in [-0.1, -0.05) is 207 Å². The molecule has 27 nitrogen and oxygen atoms in total. The van der Waals surface area contributed by atoms with E-state index >= 15 is 0 Å². The number of amides is 5. The number of para-hydroxylation sites is 5. The molecule has 5 aromatic heterocycles. The molecule has 0 saturated heterocycles. The zero-order valence-electron chi connectivity index (χ0n) is 69.1. The third-order valence-electron chi connectivity index (χ3n) is 17.7. The van der Waals surface area contributed by atoms with Gasteiger partial charge < -0.3 is 42.8 Å². The number of fused-ring (bicyclic) bond motifs is 3. The quantitative estimate of drug-likeness (QED) is 0.0131. The number of nitrogen functional groups attached to an aromatic ring is 2. The number of ketones is 2. The summed E-state index contributed by atoms with van der Waals surface area (Å²) in [5.41, 5.74) is 26.8. The number of aromatic nitrogens is 7. The number of halogens is 1. The van der Waals surface area contributed by atoms with Crippen LogP contribution in [0.5, 0.6) is 0 Å². The number of rotatable bonds is 16. The van der Waals surface area contributed by atoms with Gasteiger partial charge in [-0.2, -0.15) is 11.7 Å². The average Bonchev–Trinajstić information content (AvgIpc) is 1.61. The topological polar surface area (TPSA) is 381 Å². The molecule has 8 N–H and O–H groups in total. The van der Waals surface area contributed by atoms with E-state index in [0.717, 1.165) is 55.5 Å². The van der Waals surface area contributed by atoms with E-state index in [1.165, 1.54) is 28.5 Å². The molecule has 3 atom stereocenters. The first-order chi connectivity index (χ1) is 59.0. The van der Waals surface area contributed by atoms with Crippen molar-refractivity contribution in [1.82, 2.24) is 50.9 Å². The standard InChI is InChI=1S/C24H22N4O3.C23H20N4O3.C17H16N4O3.C13H12N2O.C7H6N2.C6H6BrN.C4H9.Li/c1-16-12-13-19(25-14-16)21-18-10-6-7-11-20(18)28(2)23(29)22(26-21)27-24(30)31-15-17-8-4-3-5-9-17;1-15-11-12-19(24-13-15)20-17-9-5-6-10-18(17)25-22(28)21(26-20)27-23(29)30-14-16-7-3-2-4-8-16;1-12(22)16(21-15-10-6-5-9-14(15)19-20-21)18-17(23)24-11-13-7-3-2-4-8-13;1-9-6-7-12(15-8-9)13(16)10-4-2-3-5-11(10)14;8-5-6-3-1-2-4-7(6)9;1-5-2-3-6(7)8-4-5;1-3-4-2;/h3-14,22H,15H2,1-2H3,(H,27,30);2-13,21H,14H2,1H3,(H,25,28)(H,27,29);2-10,16H,11H2,1H3,(H,18,23);2-8H,14H2,1H3;1-4H,9H2;2-4H,1H3;1,3-4H2,2H3;/q;;;;;;-1;+1. The minimum atomic E-state index is -1.15. The maximum atomic E-state index is 13.1. The van der Waals surface area contributed by atoms with Crippen molar-refractivity contribution in [3.63, 3.8) is 0 Å². The molecule has 3 unspecified atom stereocenters. The first-order valence-corrected chi connectivity index (χ1v) is 39.2. The van der Waals surface area contributed by atoms with Crippen molar-refractivity contribution in [2.45, 2.75) is 92.7 Å². The number of nitrogens with two attached hydrogens (primary N) is 2. The van der Waals surface area contributed by atoms with Gasteiger partial charge in [0.25, 0.3) is 11.8 Å². The molecule has 8 aromatic carbocycles. The molecule has 29 heteroatoms. The van der Waals surface area contributed by atoms with E-state index in [1.54, 1.807) is 98.4 Å². The number of anilines is 4. The average molecular weight is 1710 g/mol. The summed E-state index contributed by atoms with van der Waals surface area (Å²) in [6.45, 7) is 15.2. The Kier molecular flexibility index (Phi) is 37.0. The minimum Gasteiger partial charge on any atom is -0.445 e. The molecule has 7 heterocycles. The Morgan fingerprint density at radius 1 is 0.545 bits per heavy atom. The number of benzene rings is 8. The zero-order valence-corrected chi connectivity index (χ0v) is 70.7. The molecule has 2 aliphatic rings. The zero-order chi connectivity index (χ0) is 87.3. The van der Waals surface area contributed by atoms with Crippen molar-refractivity contribution in [3.8, 4) is 6.07 Å². The number of hydrogen-bond donors (Lipinski definition) is 6. The van der Waals surface area contributed by atoms with Gasteiger partial charge in [0.2, 0.25) is 18.1 Å². The Morgan fingerprint density at radius 3 is 1.50 bits per heavy atom. The van der Waals surface area contributed by atoms with Crippen LogP contribution >= 0.6 is 15.9 Å². The van der Waals surface area contributed by atoms with E-state index in [9.17, 15) is 33.6 Å². The summed E-state index contributed by atoms with van der Waals surface area (Å²) in [7, 11) is 1.66. The molecule has 5 amide bonds. The number of likely N-dealkylation sites (N-methyl/N-ethyl adjacent to an activating group) is 1. The molecule has 0 radical (unpaired) electrons. The largest absolute Gasteiger partial charge is 1.00 e. The molecule has 13 aromatic rings. The number of nitrogens with zero attached hydrogens (tertiary/aromatic N) is 11. The smallest absolute Gasteiger partial charge is 0.445 e. The Bertz CT molecular complexity index is 5750. The number of benzodiazepines with no additional fused rings is 2. The molecule has 15 rings (SSSR count).